The van der Waals surface area contributed by atoms with E-state index in [-0.39, 0.29) is 18.4 Å². The summed E-state index contributed by atoms with van der Waals surface area (Å²) in [6.07, 6.45) is 1.39. The number of nitrogens with zero attached hydrogens (tertiary/aromatic N) is 1. The zero-order valence-electron chi connectivity index (χ0n) is 12.6. The van der Waals surface area contributed by atoms with Crippen molar-refractivity contribution in [3.05, 3.63) is 17.0 Å². The molecule has 1 atom stereocenters. The lowest BCUT2D eigenvalue weighted by molar-refractivity contribution is -0.137. The number of carbonyl (C=O) groups is 2. The Kier molecular flexibility index (Phi) is 7.28. The minimum atomic E-state index is -0.802. The maximum Gasteiger partial charge on any atom is 0.303 e. The Balaban J connectivity index is 2.20. The van der Waals surface area contributed by atoms with Crippen molar-refractivity contribution in [2.24, 2.45) is 0 Å². The van der Waals surface area contributed by atoms with Crippen LogP contribution < -0.4 is 5.32 Å². The molecule has 1 heterocycles. The summed E-state index contributed by atoms with van der Waals surface area (Å²) in [7, 11) is 0. The smallest absolute Gasteiger partial charge is 0.303 e. The molecule has 0 aliphatic heterocycles. The minimum Gasteiger partial charge on any atom is -0.481 e. The molecule has 6 nitrogen and oxygen atoms in total. The van der Waals surface area contributed by atoms with Crippen LogP contribution in [0.2, 0.25) is 0 Å². The van der Waals surface area contributed by atoms with Crippen molar-refractivity contribution >= 4 is 23.6 Å². The average molecular weight is 314 g/mol. The van der Waals surface area contributed by atoms with Crippen LogP contribution in [0.3, 0.4) is 0 Å². The van der Waals surface area contributed by atoms with Gasteiger partial charge in [-0.1, -0.05) is 5.16 Å². The van der Waals surface area contributed by atoms with E-state index in [0.29, 0.717) is 24.3 Å². The first-order valence-corrected chi connectivity index (χ1v) is 8.06. The Morgan fingerprint density at radius 2 is 2.14 bits per heavy atom. The Morgan fingerprint density at radius 1 is 1.43 bits per heavy atom. The van der Waals surface area contributed by atoms with Crippen LogP contribution in [-0.4, -0.2) is 33.9 Å². The van der Waals surface area contributed by atoms with Crippen LogP contribution in [0.25, 0.3) is 0 Å². The molecule has 1 aromatic heterocycles. The minimum absolute atomic E-state index is 0.00323. The second-order valence-corrected chi connectivity index (χ2v) is 6.04. The van der Waals surface area contributed by atoms with Crippen molar-refractivity contribution in [1.82, 2.24) is 10.5 Å². The van der Waals surface area contributed by atoms with Crippen molar-refractivity contribution in [1.29, 1.82) is 0 Å². The molecule has 1 unspecified atom stereocenters. The molecule has 118 valence electrons. The zero-order chi connectivity index (χ0) is 15.8. The quantitative estimate of drug-likeness (QED) is 0.726. The molecular formula is C14H22N2O4S. The van der Waals surface area contributed by atoms with E-state index in [1.54, 1.807) is 0 Å². The van der Waals surface area contributed by atoms with Gasteiger partial charge in [0.1, 0.15) is 5.76 Å². The largest absolute Gasteiger partial charge is 0.481 e. The number of amides is 1. The summed E-state index contributed by atoms with van der Waals surface area (Å²) in [5.41, 5.74) is 1.91. The van der Waals surface area contributed by atoms with E-state index in [0.717, 1.165) is 17.0 Å². The third-order valence-electron chi connectivity index (χ3n) is 3.10. The number of thioether (sulfide) groups is 1. The average Bonchev–Trinajstić information content (AvgIpc) is 2.69. The van der Waals surface area contributed by atoms with Gasteiger partial charge >= 0.3 is 5.97 Å². The normalized spacial score (nSPS) is 12.1. The second-order valence-electron chi connectivity index (χ2n) is 5.05. The number of carboxylic acids is 1. The monoisotopic (exact) mass is 314 g/mol. The van der Waals surface area contributed by atoms with Crippen LogP contribution in [0, 0.1) is 13.8 Å². The van der Waals surface area contributed by atoms with Crippen molar-refractivity contribution < 1.29 is 19.2 Å². The van der Waals surface area contributed by atoms with Gasteiger partial charge in [0, 0.05) is 23.8 Å². The molecule has 0 aliphatic rings. The Morgan fingerprint density at radius 3 is 2.71 bits per heavy atom. The number of carboxylic acid groups (broad SMARTS) is 1. The summed E-state index contributed by atoms with van der Waals surface area (Å²) in [5, 5.41) is 15.3. The fraction of sp³-hybridized carbons (Fsp3) is 0.643. The Bertz CT molecular complexity index is 468. The number of hydrogen-bond donors (Lipinski definition) is 2. The summed E-state index contributed by atoms with van der Waals surface area (Å²) in [4.78, 5) is 22.2. The number of nitrogens with one attached hydrogen (secondary N) is 1. The van der Waals surface area contributed by atoms with Gasteiger partial charge in [0.05, 0.1) is 11.4 Å². The van der Waals surface area contributed by atoms with E-state index in [4.69, 9.17) is 9.63 Å². The summed E-state index contributed by atoms with van der Waals surface area (Å²) in [5.74, 6) is 1.02. The van der Waals surface area contributed by atoms with Crippen LogP contribution >= 0.6 is 11.8 Å². The van der Waals surface area contributed by atoms with Gasteiger partial charge in [-0.05, 0) is 33.6 Å². The highest BCUT2D eigenvalue weighted by atomic mass is 32.2. The molecule has 7 heteroatoms. The molecule has 0 spiro atoms. The number of aromatic nitrogens is 1. The Hall–Kier alpha value is -1.50. The summed E-state index contributed by atoms with van der Waals surface area (Å²) < 4.78 is 5.07. The number of rotatable bonds is 9. The summed E-state index contributed by atoms with van der Waals surface area (Å²) in [6, 6.07) is -0.00323. The van der Waals surface area contributed by atoms with Crippen molar-refractivity contribution in [2.75, 3.05) is 5.75 Å². The predicted octanol–water partition coefficient (Wildman–Crippen LogP) is 2.28. The fourth-order valence-corrected chi connectivity index (χ4v) is 2.89. The molecule has 0 bridgehead atoms. The Labute approximate surface area is 128 Å². The molecule has 1 rings (SSSR count). The van der Waals surface area contributed by atoms with Crippen molar-refractivity contribution in [3.8, 4) is 0 Å². The molecule has 0 radical (unpaired) electrons. The van der Waals surface area contributed by atoms with E-state index in [1.807, 2.05) is 20.8 Å². The van der Waals surface area contributed by atoms with E-state index in [9.17, 15) is 9.59 Å². The zero-order valence-corrected chi connectivity index (χ0v) is 13.5. The molecular weight excluding hydrogens is 292 g/mol. The van der Waals surface area contributed by atoms with Crippen LogP contribution in [0.5, 0.6) is 0 Å². The van der Waals surface area contributed by atoms with Gasteiger partial charge in [0.2, 0.25) is 5.91 Å². The molecule has 0 saturated carbocycles. The van der Waals surface area contributed by atoms with E-state index < -0.39 is 5.97 Å². The predicted molar refractivity (Wildman–Crippen MR) is 81.2 cm³/mol. The highest BCUT2D eigenvalue weighted by molar-refractivity contribution is 7.99. The van der Waals surface area contributed by atoms with E-state index in [1.165, 1.54) is 11.8 Å². The lowest BCUT2D eigenvalue weighted by Gasteiger charge is -2.13. The van der Waals surface area contributed by atoms with E-state index in [2.05, 4.69) is 10.5 Å². The fourth-order valence-electron chi connectivity index (χ4n) is 1.90. The standard InChI is InChI=1S/C14H22N2O4S/c1-9(5-4-6-14(18)19)15-13(17)8-21-7-12-10(2)16-20-11(12)3/h9H,4-8H2,1-3H3,(H,15,17)(H,18,19). The van der Waals surface area contributed by atoms with Gasteiger partial charge < -0.3 is 14.9 Å². The summed E-state index contributed by atoms with van der Waals surface area (Å²) >= 11 is 1.51. The highest BCUT2D eigenvalue weighted by Crippen LogP contribution is 2.19. The van der Waals surface area contributed by atoms with Gasteiger partial charge in [0.15, 0.2) is 0 Å². The van der Waals surface area contributed by atoms with Crippen molar-refractivity contribution in [2.45, 2.75) is 51.8 Å². The molecule has 2 N–H and O–H groups in total. The highest BCUT2D eigenvalue weighted by Gasteiger charge is 2.11. The third kappa shape index (κ3) is 6.66. The first-order chi connectivity index (χ1) is 9.90. The first-order valence-electron chi connectivity index (χ1n) is 6.90. The number of carbonyl (C=O) groups excluding carboxylic acids is 1. The van der Waals surface area contributed by atoms with Gasteiger partial charge in [-0.3, -0.25) is 9.59 Å². The SMILES string of the molecule is Cc1noc(C)c1CSCC(=O)NC(C)CCCC(=O)O. The topological polar surface area (TPSA) is 92.4 Å². The summed E-state index contributed by atoms with van der Waals surface area (Å²) in [6.45, 7) is 5.64. The van der Waals surface area contributed by atoms with Crippen LogP contribution in [0.1, 0.15) is 43.2 Å². The molecule has 0 aliphatic carbocycles. The van der Waals surface area contributed by atoms with Gasteiger partial charge in [-0.15, -0.1) is 11.8 Å². The number of hydrogen-bond acceptors (Lipinski definition) is 5. The molecule has 0 fully saturated rings. The van der Waals surface area contributed by atoms with E-state index >= 15 is 0 Å². The van der Waals surface area contributed by atoms with Crippen molar-refractivity contribution in [3.63, 3.8) is 0 Å². The third-order valence-corrected chi connectivity index (χ3v) is 4.06. The maximum atomic E-state index is 11.8. The van der Waals surface area contributed by atoms with Crippen LogP contribution in [0.4, 0.5) is 0 Å². The van der Waals surface area contributed by atoms with Gasteiger partial charge in [0.25, 0.3) is 0 Å². The molecule has 21 heavy (non-hydrogen) atoms. The molecule has 1 aromatic rings. The lowest BCUT2D eigenvalue weighted by atomic mass is 10.1. The van der Waals surface area contributed by atoms with Crippen LogP contribution in [0.15, 0.2) is 4.52 Å². The second kappa shape index (κ2) is 8.71. The van der Waals surface area contributed by atoms with Gasteiger partial charge in [-0.25, -0.2) is 0 Å². The molecule has 0 aromatic carbocycles. The molecule has 0 saturated heterocycles. The van der Waals surface area contributed by atoms with Crippen LogP contribution in [-0.2, 0) is 15.3 Å². The molecule has 1 amide bonds. The number of aliphatic carboxylic acids is 1. The first kappa shape index (κ1) is 17.6. The maximum absolute atomic E-state index is 11.8. The lowest BCUT2D eigenvalue weighted by Crippen LogP contribution is -2.33. The number of aryl methyl sites for hydroxylation is 2. The van der Waals surface area contributed by atoms with Gasteiger partial charge in [-0.2, -0.15) is 0 Å².